The van der Waals surface area contributed by atoms with Crippen molar-refractivity contribution in [2.45, 2.75) is 64.8 Å². The highest BCUT2D eigenvalue weighted by Gasteiger charge is 2.36. The minimum Gasteiger partial charge on any atom is -0.329 e. The van der Waals surface area contributed by atoms with Crippen molar-refractivity contribution in [3.05, 3.63) is 0 Å². The Bertz CT molecular complexity index is 250. The molecule has 0 saturated heterocycles. The molecule has 0 bridgehead atoms. The number of hydrogen-bond acceptors (Lipinski definition) is 2. The second kappa shape index (κ2) is 5.92. The van der Waals surface area contributed by atoms with Crippen molar-refractivity contribution in [2.75, 3.05) is 13.1 Å². The minimum absolute atomic E-state index is 0.258. The van der Waals surface area contributed by atoms with E-state index in [4.69, 9.17) is 5.73 Å². The Balaban J connectivity index is 1.79. The normalized spacial score (nSPS) is 34.8. The van der Waals surface area contributed by atoms with Crippen LogP contribution < -0.4 is 11.1 Å². The fourth-order valence-electron chi connectivity index (χ4n) is 3.52. The Labute approximate surface area is 113 Å². The van der Waals surface area contributed by atoms with Gasteiger partial charge in [0.25, 0.3) is 0 Å². The first kappa shape index (κ1) is 14.3. The summed E-state index contributed by atoms with van der Waals surface area (Å²) in [5.74, 6) is 3.61. The maximum absolute atomic E-state index is 6.08. The molecule has 0 aromatic rings. The van der Waals surface area contributed by atoms with Crippen LogP contribution in [-0.4, -0.2) is 18.6 Å². The second-order valence-corrected chi connectivity index (χ2v) is 7.26. The van der Waals surface area contributed by atoms with Gasteiger partial charge in [0.2, 0.25) is 0 Å². The standard InChI is InChI=1S/C16H32N2/c1-12(2)14-6-8-16(11-17,9-7-14)18-10-13(3)15-4-5-15/h12-15,18H,4-11,17H2,1-3H3. The van der Waals surface area contributed by atoms with Crippen molar-refractivity contribution in [1.29, 1.82) is 0 Å². The van der Waals surface area contributed by atoms with Crippen LogP contribution in [0.2, 0.25) is 0 Å². The first-order chi connectivity index (χ1) is 8.56. The first-order valence-corrected chi connectivity index (χ1v) is 8.01. The Morgan fingerprint density at radius 1 is 1.06 bits per heavy atom. The topological polar surface area (TPSA) is 38.0 Å². The van der Waals surface area contributed by atoms with Crippen molar-refractivity contribution in [3.8, 4) is 0 Å². The summed E-state index contributed by atoms with van der Waals surface area (Å²) < 4.78 is 0. The SMILES string of the molecule is CC(C)C1CCC(CN)(NCC(C)C2CC2)CC1. The van der Waals surface area contributed by atoms with Crippen LogP contribution in [0.25, 0.3) is 0 Å². The summed E-state index contributed by atoms with van der Waals surface area (Å²) in [7, 11) is 0. The van der Waals surface area contributed by atoms with Gasteiger partial charge in [0.15, 0.2) is 0 Å². The summed E-state index contributed by atoms with van der Waals surface area (Å²) in [6.45, 7) is 9.11. The van der Waals surface area contributed by atoms with Gasteiger partial charge in [0.05, 0.1) is 0 Å². The first-order valence-electron chi connectivity index (χ1n) is 8.01. The lowest BCUT2D eigenvalue weighted by atomic mass is 9.72. The predicted octanol–water partition coefficient (Wildman–Crippen LogP) is 3.17. The molecule has 2 heteroatoms. The van der Waals surface area contributed by atoms with Crippen LogP contribution in [0, 0.1) is 23.7 Å². The molecule has 0 aromatic heterocycles. The molecule has 2 rings (SSSR count). The molecule has 18 heavy (non-hydrogen) atoms. The number of rotatable bonds is 6. The highest BCUT2D eigenvalue weighted by molar-refractivity contribution is 4.95. The van der Waals surface area contributed by atoms with Gasteiger partial charge < -0.3 is 11.1 Å². The van der Waals surface area contributed by atoms with Gasteiger partial charge >= 0.3 is 0 Å². The predicted molar refractivity (Wildman–Crippen MR) is 78.5 cm³/mol. The van der Waals surface area contributed by atoms with Gasteiger partial charge in [-0.05, 0) is 68.7 Å². The van der Waals surface area contributed by atoms with Gasteiger partial charge in [-0.15, -0.1) is 0 Å². The summed E-state index contributed by atoms with van der Waals surface area (Å²) in [6, 6.07) is 0. The molecule has 0 amide bonds. The molecule has 2 nitrogen and oxygen atoms in total. The average Bonchev–Trinajstić information content (AvgIpc) is 3.20. The molecule has 0 radical (unpaired) electrons. The molecular weight excluding hydrogens is 220 g/mol. The van der Waals surface area contributed by atoms with E-state index in [9.17, 15) is 0 Å². The van der Waals surface area contributed by atoms with Crippen LogP contribution in [0.3, 0.4) is 0 Å². The van der Waals surface area contributed by atoms with Crippen molar-refractivity contribution >= 4 is 0 Å². The van der Waals surface area contributed by atoms with E-state index in [0.717, 1.165) is 30.2 Å². The van der Waals surface area contributed by atoms with E-state index in [2.05, 4.69) is 26.1 Å². The van der Waals surface area contributed by atoms with E-state index >= 15 is 0 Å². The molecule has 3 N–H and O–H groups in total. The summed E-state index contributed by atoms with van der Waals surface area (Å²) >= 11 is 0. The fourth-order valence-corrected chi connectivity index (χ4v) is 3.52. The summed E-state index contributed by atoms with van der Waals surface area (Å²) in [6.07, 6.45) is 8.19. The van der Waals surface area contributed by atoms with Crippen molar-refractivity contribution in [3.63, 3.8) is 0 Å². The van der Waals surface area contributed by atoms with Crippen LogP contribution in [0.4, 0.5) is 0 Å². The van der Waals surface area contributed by atoms with Crippen LogP contribution in [0.1, 0.15) is 59.3 Å². The van der Waals surface area contributed by atoms with E-state index in [1.54, 1.807) is 0 Å². The molecule has 2 aliphatic rings. The Morgan fingerprint density at radius 2 is 1.67 bits per heavy atom. The highest BCUT2D eigenvalue weighted by atomic mass is 15.0. The van der Waals surface area contributed by atoms with Gasteiger partial charge in [-0.1, -0.05) is 20.8 Å². The monoisotopic (exact) mass is 252 g/mol. The third-order valence-electron chi connectivity index (χ3n) is 5.55. The van der Waals surface area contributed by atoms with Crippen LogP contribution in [-0.2, 0) is 0 Å². The molecule has 0 aromatic carbocycles. The van der Waals surface area contributed by atoms with E-state index in [1.807, 2.05) is 0 Å². The maximum atomic E-state index is 6.08. The third-order valence-corrected chi connectivity index (χ3v) is 5.55. The third kappa shape index (κ3) is 3.48. The summed E-state index contributed by atoms with van der Waals surface area (Å²) in [5, 5.41) is 3.84. The smallest absolute Gasteiger partial charge is 0.0304 e. The molecule has 2 fully saturated rings. The lowest BCUT2D eigenvalue weighted by Crippen LogP contribution is -2.54. The molecule has 2 aliphatic carbocycles. The van der Waals surface area contributed by atoms with Crippen LogP contribution in [0.15, 0.2) is 0 Å². The number of nitrogens with one attached hydrogen (secondary N) is 1. The Hall–Kier alpha value is -0.0800. The molecule has 0 heterocycles. The number of nitrogens with two attached hydrogens (primary N) is 1. The van der Waals surface area contributed by atoms with E-state index in [0.29, 0.717) is 0 Å². The summed E-state index contributed by atoms with van der Waals surface area (Å²) in [5.41, 5.74) is 6.33. The summed E-state index contributed by atoms with van der Waals surface area (Å²) in [4.78, 5) is 0. The van der Waals surface area contributed by atoms with Gasteiger partial charge in [0.1, 0.15) is 0 Å². The van der Waals surface area contributed by atoms with Gasteiger partial charge in [-0.25, -0.2) is 0 Å². The Morgan fingerprint density at radius 3 is 2.11 bits per heavy atom. The van der Waals surface area contributed by atoms with E-state index in [1.165, 1.54) is 45.1 Å². The molecule has 2 saturated carbocycles. The quantitative estimate of drug-likeness (QED) is 0.762. The van der Waals surface area contributed by atoms with E-state index < -0.39 is 0 Å². The molecular formula is C16H32N2. The molecule has 0 aliphatic heterocycles. The van der Waals surface area contributed by atoms with Gasteiger partial charge in [-0.3, -0.25) is 0 Å². The van der Waals surface area contributed by atoms with Gasteiger partial charge in [0, 0.05) is 12.1 Å². The lowest BCUT2D eigenvalue weighted by molar-refractivity contribution is 0.159. The highest BCUT2D eigenvalue weighted by Crippen LogP contribution is 2.38. The van der Waals surface area contributed by atoms with Crippen molar-refractivity contribution < 1.29 is 0 Å². The average molecular weight is 252 g/mol. The van der Waals surface area contributed by atoms with Gasteiger partial charge in [-0.2, -0.15) is 0 Å². The largest absolute Gasteiger partial charge is 0.329 e. The second-order valence-electron chi connectivity index (χ2n) is 7.26. The zero-order valence-corrected chi connectivity index (χ0v) is 12.5. The fraction of sp³-hybridized carbons (Fsp3) is 1.00. The Kier molecular flexibility index (Phi) is 4.71. The lowest BCUT2D eigenvalue weighted by Gasteiger charge is -2.42. The van der Waals surface area contributed by atoms with Crippen LogP contribution in [0.5, 0.6) is 0 Å². The molecule has 1 atom stereocenters. The van der Waals surface area contributed by atoms with Crippen molar-refractivity contribution in [2.24, 2.45) is 29.4 Å². The minimum atomic E-state index is 0.258. The van der Waals surface area contributed by atoms with Crippen molar-refractivity contribution in [1.82, 2.24) is 5.32 Å². The van der Waals surface area contributed by atoms with Crippen LogP contribution >= 0.6 is 0 Å². The molecule has 0 spiro atoms. The maximum Gasteiger partial charge on any atom is 0.0304 e. The molecule has 1 unspecified atom stereocenters. The van der Waals surface area contributed by atoms with E-state index in [-0.39, 0.29) is 5.54 Å². The zero-order chi connectivity index (χ0) is 13.2. The zero-order valence-electron chi connectivity index (χ0n) is 12.5. The molecule has 106 valence electrons. The number of hydrogen-bond donors (Lipinski definition) is 2.